The Labute approximate surface area is 212 Å². The molecule has 200 valence electrons. The Morgan fingerprint density at radius 3 is 2.54 bits per heavy atom. The van der Waals surface area contributed by atoms with Gasteiger partial charge >= 0.3 is 11.9 Å². The van der Waals surface area contributed by atoms with Crippen molar-refractivity contribution in [2.75, 3.05) is 19.6 Å². The Bertz CT molecular complexity index is 1130. The molecule has 0 spiro atoms. The molecule has 2 fully saturated rings. The SMILES string of the molecule is CCNC(=O)c1cc(C2=CN(C3CNC(C(=O)O)C3)NN2)nc(/C(N)=C/N(N)C2CNC(C(=O)O)C2)c1. The number of carbonyl (C=O) groups is 3. The van der Waals surface area contributed by atoms with Crippen molar-refractivity contribution in [3.63, 3.8) is 0 Å². The van der Waals surface area contributed by atoms with Crippen molar-refractivity contribution in [3.05, 3.63) is 41.5 Å². The number of carboxylic acids is 2. The van der Waals surface area contributed by atoms with E-state index in [2.05, 4.69) is 31.9 Å². The molecule has 0 bridgehead atoms. The Kier molecular flexibility index (Phi) is 7.77. The van der Waals surface area contributed by atoms with Gasteiger partial charge in [0.15, 0.2) is 0 Å². The average Bonchev–Trinajstić information content (AvgIpc) is 3.64. The highest BCUT2D eigenvalue weighted by molar-refractivity contribution is 5.95. The molecule has 3 aliphatic heterocycles. The van der Waals surface area contributed by atoms with Crippen molar-refractivity contribution in [1.82, 2.24) is 41.9 Å². The lowest BCUT2D eigenvalue weighted by Gasteiger charge is -2.22. The van der Waals surface area contributed by atoms with Crippen LogP contribution in [0.25, 0.3) is 11.4 Å². The van der Waals surface area contributed by atoms with Crippen LogP contribution in [0.4, 0.5) is 0 Å². The number of aliphatic carboxylic acids is 2. The minimum absolute atomic E-state index is 0.109. The number of carboxylic acid groups (broad SMARTS) is 2. The summed E-state index contributed by atoms with van der Waals surface area (Å²) in [6.45, 7) is 3.10. The number of hydrogen-bond acceptors (Lipinski definition) is 12. The second-order valence-corrected chi connectivity index (χ2v) is 9.08. The Balaban J connectivity index is 1.57. The van der Waals surface area contributed by atoms with Crippen molar-refractivity contribution in [2.45, 2.75) is 43.9 Å². The molecule has 3 aliphatic rings. The number of hydrogen-bond donors (Lipinski definition) is 9. The Hall–Kier alpha value is -3.92. The molecule has 1 amide bonds. The van der Waals surface area contributed by atoms with Crippen molar-refractivity contribution < 1.29 is 24.6 Å². The molecule has 1 aromatic heterocycles. The molecule has 2 saturated heterocycles. The fourth-order valence-corrected chi connectivity index (χ4v) is 4.45. The zero-order valence-corrected chi connectivity index (χ0v) is 20.3. The van der Waals surface area contributed by atoms with E-state index in [1.54, 1.807) is 23.3 Å². The molecule has 15 nitrogen and oxygen atoms in total. The van der Waals surface area contributed by atoms with E-state index in [4.69, 9.17) is 11.6 Å². The third-order valence-electron chi connectivity index (χ3n) is 6.50. The lowest BCUT2D eigenvalue weighted by Crippen LogP contribution is -2.43. The van der Waals surface area contributed by atoms with Gasteiger partial charge in [-0.05, 0) is 31.9 Å². The fraction of sp³-hybridized carbons (Fsp3) is 0.455. The number of pyridine rings is 1. The summed E-state index contributed by atoms with van der Waals surface area (Å²) in [5, 5.41) is 30.2. The van der Waals surface area contributed by atoms with Crippen LogP contribution in [-0.4, -0.2) is 86.9 Å². The summed E-state index contributed by atoms with van der Waals surface area (Å²) in [4.78, 5) is 39.8. The first kappa shape index (κ1) is 26.2. The maximum Gasteiger partial charge on any atom is 0.320 e. The molecule has 4 atom stereocenters. The van der Waals surface area contributed by atoms with Crippen molar-refractivity contribution in [2.24, 2.45) is 11.6 Å². The van der Waals surface area contributed by atoms with Gasteiger partial charge in [-0.15, -0.1) is 5.53 Å². The zero-order chi connectivity index (χ0) is 26.7. The van der Waals surface area contributed by atoms with Crippen LogP contribution in [0.15, 0.2) is 24.5 Å². The number of hydrazine groups is 3. The van der Waals surface area contributed by atoms with Gasteiger partial charge < -0.3 is 42.3 Å². The zero-order valence-electron chi connectivity index (χ0n) is 20.3. The first-order valence-corrected chi connectivity index (χ1v) is 11.9. The Morgan fingerprint density at radius 1 is 1.19 bits per heavy atom. The molecule has 37 heavy (non-hydrogen) atoms. The van der Waals surface area contributed by atoms with E-state index in [0.717, 1.165) is 0 Å². The average molecular weight is 517 g/mol. The highest BCUT2D eigenvalue weighted by Crippen LogP contribution is 2.22. The van der Waals surface area contributed by atoms with Gasteiger partial charge in [0, 0.05) is 37.6 Å². The third-order valence-corrected chi connectivity index (χ3v) is 6.50. The standard InChI is InChI=1S/C22H32N10O5/c1-2-25-20(33)11-3-15(14(23)9-31(24)12-5-17(21(34)35)26-7-12)28-16(4-11)19-10-32(30-29-19)13-6-18(22(36)37)27-8-13/h3-4,9-10,12-13,17-18,26-27,29-30H,2,5-8,23-24H2,1H3,(H,25,33)(H,34,35)(H,36,37)/b14-9-. The van der Waals surface area contributed by atoms with E-state index in [-0.39, 0.29) is 23.7 Å². The minimum Gasteiger partial charge on any atom is -0.480 e. The van der Waals surface area contributed by atoms with Crippen LogP contribution in [0, 0.1) is 0 Å². The quantitative estimate of drug-likeness (QED) is 0.122. The number of carbonyl (C=O) groups excluding carboxylic acids is 1. The summed E-state index contributed by atoms with van der Waals surface area (Å²) in [6.07, 6.45) is 3.95. The molecule has 0 aromatic carbocycles. The van der Waals surface area contributed by atoms with Crippen LogP contribution in [-0.2, 0) is 9.59 Å². The van der Waals surface area contributed by atoms with E-state index in [1.807, 2.05) is 6.92 Å². The van der Waals surface area contributed by atoms with Gasteiger partial charge in [0.25, 0.3) is 5.91 Å². The fourth-order valence-electron chi connectivity index (χ4n) is 4.45. The van der Waals surface area contributed by atoms with Crippen LogP contribution in [0.5, 0.6) is 0 Å². The predicted octanol–water partition coefficient (Wildman–Crippen LogP) is -2.48. The summed E-state index contributed by atoms with van der Waals surface area (Å²) in [5.74, 6) is 4.01. The molecular weight excluding hydrogens is 484 g/mol. The lowest BCUT2D eigenvalue weighted by molar-refractivity contribution is -0.140. The molecule has 4 heterocycles. The number of nitrogens with one attached hydrogen (secondary N) is 5. The second-order valence-electron chi connectivity index (χ2n) is 9.08. The monoisotopic (exact) mass is 516 g/mol. The van der Waals surface area contributed by atoms with Crippen molar-refractivity contribution >= 4 is 29.2 Å². The molecule has 0 aliphatic carbocycles. The normalized spacial score (nSPS) is 25.5. The molecule has 1 aromatic rings. The van der Waals surface area contributed by atoms with E-state index >= 15 is 0 Å². The van der Waals surface area contributed by atoms with E-state index in [0.29, 0.717) is 55.1 Å². The number of nitrogens with two attached hydrogens (primary N) is 2. The van der Waals surface area contributed by atoms with E-state index < -0.39 is 24.0 Å². The van der Waals surface area contributed by atoms with Gasteiger partial charge in [-0.25, -0.2) is 10.8 Å². The molecule has 11 N–H and O–H groups in total. The third kappa shape index (κ3) is 5.91. The van der Waals surface area contributed by atoms with Gasteiger partial charge in [-0.3, -0.25) is 19.4 Å². The second kappa shape index (κ2) is 11.0. The first-order valence-electron chi connectivity index (χ1n) is 11.9. The van der Waals surface area contributed by atoms with Crippen LogP contribution in [0.3, 0.4) is 0 Å². The Morgan fingerprint density at radius 2 is 1.89 bits per heavy atom. The van der Waals surface area contributed by atoms with Gasteiger partial charge in [-0.2, -0.15) is 0 Å². The molecule has 15 heteroatoms. The molecule has 0 radical (unpaired) electrons. The maximum absolute atomic E-state index is 12.7. The highest BCUT2D eigenvalue weighted by atomic mass is 16.4. The minimum atomic E-state index is -0.944. The molecular formula is C22H32N10O5. The van der Waals surface area contributed by atoms with E-state index in [1.165, 1.54) is 11.2 Å². The summed E-state index contributed by atoms with van der Waals surface area (Å²) in [7, 11) is 0. The van der Waals surface area contributed by atoms with Gasteiger partial charge in [0.05, 0.1) is 34.9 Å². The van der Waals surface area contributed by atoms with Crippen LogP contribution in [0.2, 0.25) is 0 Å². The summed E-state index contributed by atoms with van der Waals surface area (Å²) in [5.41, 5.74) is 14.2. The van der Waals surface area contributed by atoms with Gasteiger partial charge in [0.1, 0.15) is 12.1 Å². The number of aromatic nitrogens is 1. The first-order chi connectivity index (χ1) is 17.7. The highest BCUT2D eigenvalue weighted by Gasteiger charge is 2.34. The van der Waals surface area contributed by atoms with E-state index in [9.17, 15) is 24.6 Å². The smallest absolute Gasteiger partial charge is 0.320 e. The number of nitrogens with zero attached hydrogens (tertiary/aromatic N) is 3. The van der Waals surface area contributed by atoms with Gasteiger partial charge in [-0.1, -0.05) is 0 Å². The van der Waals surface area contributed by atoms with Crippen molar-refractivity contribution in [1.29, 1.82) is 0 Å². The summed E-state index contributed by atoms with van der Waals surface area (Å²) in [6, 6.07) is 1.48. The molecule has 4 rings (SSSR count). The number of amides is 1. The van der Waals surface area contributed by atoms with Crippen LogP contribution >= 0.6 is 0 Å². The maximum atomic E-state index is 12.7. The summed E-state index contributed by atoms with van der Waals surface area (Å²) >= 11 is 0. The van der Waals surface area contributed by atoms with Gasteiger partial charge in [0.2, 0.25) is 0 Å². The molecule has 0 saturated carbocycles. The number of rotatable bonds is 9. The van der Waals surface area contributed by atoms with Crippen LogP contribution < -0.4 is 38.5 Å². The van der Waals surface area contributed by atoms with Crippen LogP contribution in [0.1, 0.15) is 41.5 Å². The molecule has 4 unspecified atom stereocenters. The lowest BCUT2D eigenvalue weighted by atomic mass is 10.1. The van der Waals surface area contributed by atoms with Crippen molar-refractivity contribution in [3.8, 4) is 0 Å². The predicted molar refractivity (Wildman–Crippen MR) is 132 cm³/mol. The topological polar surface area (TPSA) is 223 Å². The summed E-state index contributed by atoms with van der Waals surface area (Å²) < 4.78 is 0. The largest absolute Gasteiger partial charge is 0.480 e.